The van der Waals surface area contributed by atoms with E-state index in [1.165, 1.54) is 23.7 Å². The minimum atomic E-state index is -3.59. The van der Waals surface area contributed by atoms with Crippen LogP contribution in [-0.2, 0) is 17.1 Å². The lowest BCUT2D eigenvalue weighted by atomic mass is 9.92. The molecule has 0 radical (unpaired) electrons. The van der Waals surface area contributed by atoms with Crippen LogP contribution in [0.15, 0.2) is 11.2 Å². The zero-order valence-corrected chi connectivity index (χ0v) is 13.2. The Morgan fingerprint density at radius 2 is 1.95 bits per heavy atom. The van der Waals surface area contributed by atoms with E-state index in [2.05, 4.69) is 15.0 Å². The molecule has 0 atom stereocenters. The van der Waals surface area contributed by atoms with Crippen molar-refractivity contribution in [1.82, 2.24) is 19.7 Å². The number of sulfonamides is 1. The summed E-state index contributed by atoms with van der Waals surface area (Å²) >= 11 is 0. The van der Waals surface area contributed by atoms with Crippen LogP contribution in [0.3, 0.4) is 0 Å². The van der Waals surface area contributed by atoms with Crippen LogP contribution in [0.1, 0.15) is 38.5 Å². The van der Waals surface area contributed by atoms with E-state index in [0.717, 1.165) is 25.7 Å². The molecule has 0 amide bonds. The molecule has 116 valence electrons. The van der Waals surface area contributed by atoms with Crippen molar-refractivity contribution in [2.24, 2.45) is 12.8 Å². The minimum Gasteiger partial charge on any atom is -0.324 e. The summed E-state index contributed by atoms with van der Waals surface area (Å²) in [5, 5.41) is 7.26. The molecule has 0 spiro atoms. The first-order valence-corrected chi connectivity index (χ1v) is 8.05. The molecule has 1 fully saturated rings. The van der Waals surface area contributed by atoms with Crippen LogP contribution in [0.4, 0.5) is 0 Å². The molecule has 0 aliphatic heterocycles. The Balaban J connectivity index is 0.00000200. The topological polar surface area (TPSA) is 103 Å². The number of nitrogens with two attached hydrogens (primary N) is 1. The average Bonchev–Trinajstić information content (AvgIpc) is 2.67. The highest BCUT2D eigenvalue weighted by Crippen LogP contribution is 2.24. The van der Waals surface area contributed by atoms with Gasteiger partial charge in [-0.25, -0.2) is 17.8 Å². The fourth-order valence-corrected chi connectivity index (χ4v) is 3.64. The molecule has 0 bridgehead atoms. The molecule has 1 aromatic heterocycles. The molecule has 1 aliphatic carbocycles. The van der Waals surface area contributed by atoms with Crippen molar-refractivity contribution in [1.29, 1.82) is 0 Å². The zero-order chi connectivity index (χ0) is 13.9. The predicted octanol–water partition coefficient (Wildman–Crippen LogP) is 0.567. The van der Waals surface area contributed by atoms with Crippen molar-refractivity contribution in [3.63, 3.8) is 0 Å². The zero-order valence-electron chi connectivity index (χ0n) is 11.6. The number of aryl methyl sites for hydroxylation is 1. The molecule has 1 heterocycles. The van der Waals surface area contributed by atoms with Gasteiger partial charge in [0.15, 0.2) is 5.03 Å². The van der Waals surface area contributed by atoms with E-state index < -0.39 is 15.6 Å². The fraction of sp³-hybridized carbons (Fsp3) is 0.818. The quantitative estimate of drug-likeness (QED) is 0.788. The van der Waals surface area contributed by atoms with Crippen molar-refractivity contribution >= 4 is 22.4 Å². The van der Waals surface area contributed by atoms with Gasteiger partial charge in [-0.05, 0) is 12.8 Å². The number of nitrogens with one attached hydrogen (secondary N) is 1. The van der Waals surface area contributed by atoms with Crippen molar-refractivity contribution in [2.75, 3.05) is 6.54 Å². The molecule has 1 aromatic rings. The molecule has 9 heteroatoms. The molecule has 20 heavy (non-hydrogen) atoms. The van der Waals surface area contributed by atoms with E-state index in [1.807, 2.05) is 0 Å². The monoisotopic (exact) mass is 323 g/mol. The second-order valence-electron chi connectivity index (χ2n) is 5.30. The van der Waals surface area contributed by atoms with Gasteiger partial charge in [0, 0.05) is 19.1 Å². The normalized spacial score (nSPS) is 19.1. The second kappa shape index (κ2) is 6.84. The van der Waals surface area contributed by atoms with Crippen molar-refractivity contribution < 1.29 is 8.42 Å². The Morgan fingerprint density at radius 1 is 1.35 bits per heavy atom. The molecule has 2 rings (SSSR count). The molecular weight excluding hydrogens is 302 g/mol. The number of hydrogen-bond donors (Lipinski definition) is 2. The van der Waals surface area contributed by atoms with E-state index in [-0.39, 0.29) is 24.0 Å². The summed E-state index contributed by atoms with van der Waals surface area (Å²) in [5.41, 5.74) is 5.86. The summed E-state index contributed by atoms with van der Waals surface area (Å²) < 4.78 is 28.1. The maximum Gasteiger partial charge on any atom is 0.259 e. The molecule has 0 unspecified atom stereocenters. The molecule has 1 aliphatic rings. The Labute approximate surface area is 125 Å². The third-order valence-electron chi connectivity index (χ3n) is 3.66. The summed E-state index contributed by atoms with van der Waals surface area (Å²) in [6.07, 6.45) is 7.43. The van der Waals surface area contributed by atoms with Gasteiger partial charge in [-0.15, -0.1) is 17.5 Å². The minimum absolute atomic E-state index is 0. The van der Waals surface area contributed by atoms with Crippen LogP contribution in [0.2, 0.25) is 0 Å². The maximum absolute atomic E-state index is 12.1. The van der Waals surface area contributed by atoms with E-state index in [0.29, 0.717) is 0 Å². The fourth-order valence-electron chi connectivity index (χ4n) is 2.45. The lowest BCUT2D eigenvalue weighted by Crippen LogP contribution is -2.49. The first-order chi connectivity index (χ1) is 8.93. The Hall–Kier alpha value is -0.700. The van der Waals surface area contributed by atoms with Gasteiger partial charge in [-0.1, -0.05) is 30.9 Å². The Bertz CT molecular complexity index is 523. The standard InChI is InChI=1S/C11H21N5O2S.ClH/c1-16-10(8-13-15-16)19(17,18)14-9-11(12)6-4-2-3-5-7-11;/h8,14H,2-7,9,12H2,1H3;1H. The van der Waals surface area contributed by atoms with E-state index in [9.17, 15) is 8.42 Å². The molecule has 3 N–H and O–H groups in total. The number of rotatable bonds is 4. The third-order valence-corrected chi connectivity index (χ3v) is 5.11. The summed E-state index contributed by atoms with van der Waals surface area (Å²) in [7, 11) is -2.04. The second-order valence-corrected chi connectivity index (χ2v) is 7.01. The van der Waals surface area contributed by atoms with Gasteiger partial charge in [-0.2, -0.15) is 0 Å². The van der Waals surface area contributed by atoms with Crippen LogP contribution < -0.4 is 10.5 Å². The van der Waals surface area contributed by atoms with Crippen molar-refractivity contribution in [3.8, 4) is 0 Å². The number of hydrogen-bond acceptors (Lipinski definition) is 5. The lowest BCUT2D eigenvalue weighted by Gasteiger charge is -2.28. The van der Waals surface area contributed by atoms with Crippen LogP contribution in [0.25, 0.3) is 0 Å². The van der Waals surface area contributed by atoms with Crippen molar-refractivity contribution in [3.05, 3.63) is 6.20 Å². The molecular formula is C11H22ClN5O2S. The number of nitrogens with zero attached hydrogens (tertiary/aromatic N) is 3. The molecule has 0 saturated heterocycles. The van der Waals surface area contributed by atoms with Gasteiger partial charge in [-0.3, -0.25) is 0 Å². The van der Waals surface area contributed by atoms with Gasteiger partial charge in [0.2, 0.25) is 0 Å². The lowest BCUT2D eigenvalue weighted by molar-refractivity contribution is 0.368. The van der Waals surface area contributed by atoms with E-state index in [1.54, 1.807) is 7.05 Å². The summed E-state index contributed by atoms with van der Waals surface area (Å²) in [6, 6.07) is 0. The van der Waals surface area contributed by atoms with Crippen LogP contribution >= 0.6 is 12.4 Å². The third kappa shape index (κ3) is 4.15. The maximum atomic E-state index is 12.1. The Kier molecular flexibility index (Phi) is 5.93. The molecule has 7 nitrogen and oxygen atoms in total. The van der Waals surface area contributed by atoms with Crippen molar-refractivity contribution in [2.45, 2.75) is 49.1 Å². The summed E-state index contributed by atoms with van der Waals surface area (Å²) in [4.78, 5) is 0. The molecule has 1 saturated carbocycles. The van der Waals surface area contributed by atoms with Crippen LogP contribution in [0, 0.1) is 0 Å². The summed E-state index contributed by atoms with van der Waals surface area (Å²) in [5.74, 6) is 0. The molecule has 0 aromatic carbocycles. The highest BCUT2D eigenvalue weighted by Gasteiger charge is 2.29. The highest BCUT2D eigenvalue weighted by molar-refractivity contribution is 7.89. The van der Waals surface area contributed by atoms with E-state index >= 15 is 0 Å². The number of halogens is 1. The predicted molar refractivity (Wildman–Crippen MR) is 78.1 cm³/mol. The van der Waals surface area contributed by atoms with Gasteiger partial charge in [0.25, 0.3) is 10.0 Å². The largest absolute Gasteiger partial charge is 0.324 e. The SMILES string of the molecule is Cl.Cn1nncc1S(=O)(=O)NCC1(N)CCCCCC1. The smallest absolute Gasteiger partial charge is 0.259 e. The first kappa shape index (κ1) is 17.4. The van der Waals surface area contributed by atoms with E-state index in [4.69, 9.17) is 5.73 Å². The van der Waals surface area contributed by atoms with Gasteiger partial charge in [0.05, 0.1) is 6.20 Å². The highest BCUT2D eigenvalue weighted by atomic mass is 35.5. The van der Waals surface area contributed by atoms with Gasteiger partial charge >= 0.3 is 0 Å². The first-order valence-electron chi connectivity index (χ1n) is 6.56. The Morgan fingerprint density at radius 3 is 2.45 bits per heavy atom. The van der Waals surface area contributed by atoms with Crippen LogP contribution in [0.5, 0.6) is 0 Å². The number of aromatic nitrogens is 3. The van der Waals surface area contributed by atoms with Crippen LogP contribution in [-0.4, -0.2) is 35.5 Å². The summed E-state index contributed by atoms with van der Waals surface area (Å²) in [6.45, 7) is 0.264. The average molecular weight is 324 g/mol. The van der Waals surface area contributed by atoms with Gasteiger partial charge in [0.1, 0.15) is 0 Å². The van der Waals surface area contributed by atoms with Gasteiger partial charge < -0.3 is 5.73 Å².